The lowest BCUT2D eigenvalue weighted by molar-refractivity contribution is 0.0307. The van der Waals surface area contributed by atoms with Crippen LogP contribution in [0.25, 0.3) is 0 Å². The summed E-state index contributed by atoms with van der Waals surface area (Å²) in [5, 5.41) is 13.3. The van der Waals surface area contributed by atoms with Crippen molar-refractivity contribution in [1.82, 2.24) is 10.2 Å². The van der Waals surface area contributed by atoms with E-state index in [1.807, 2.05) is 30.3 Å². The van der Waals surface area contributed by atoms with E-state index in [1.54, 1.807) is 19.2 Å². The third-order valence-corrected chi connectivity index (χ3v) is 12.4. The molecule has 0 bridgehead atoms. The number of amides is 1. The van der Waals surface area contributed by atoms with Gasteiger partial charge in [-0.3, -0.25) is 0 Å². The van der Waals surface area contributed by atoms with Crippen LogP contribution < -0.4 is 10.2 Å². The zero-order valence-electron chi connectivity index (χ0n) is 24.5. The van der Waals surface area contributed by atoms with E-state index in [-0.39, 0.29) is 23.2 Å². The summed E-state index contributed by atoms with van der Waals surface area (Å²) in [6.07, 6.45) is 5.41. The molecule has 42 heavy (non-hydrogen) atoms. The predicted molar refractivity (Wildman–Crippen MR) is 162 cm³/mol. The first-order valence-electron chi connectivity index (χ1n) is 15.5. The maximum atomic E-state index is 12.5. The van der Waals surface area contributed by atoms with Gasteiger partial charge in [-0.25, -0.2) is 13.2 Å². The van der Waals surface area contributed by atoms with Gasteiger partial charge in [0.15, 0.2) is 9.84 Å². The molecule has 2 aromatic carbocycles. The number of ether oxygens (including phenoxy) is 1. The van der Waals surface area contributed by atoms with Crippen molar-refractivity contribution in [2.75, 3.05) is 44.7 Å². The number of benzene rings is 2. The van der Waals surface area contributed by atoms with E-state index in [0.29, 0.717) is 10.8 Å². The minimum absolute atomic E-state index is 0.0235. The molecular formula is C33H42N4O4S. The average Bonchev–Trinajstić information content (AvgIpc) is 3.77. The molecule has 0 aromatic heterocycles. The number of carbonyl (C=O) groups is 1. The molecule has 4 aliphatic rings. The van der Waals surface area contributed by atoms with Crippen molar-refractivity contribution in [3.63, 3.8) is 0 Å². The zero-order valence-corrected chi connectivity index (χ0v) is 25.3. The van der Waals surface area contributed by atoms with Crippen LogP contribution in [0.1, 0.15) is 50.5 Å². The van der Waals surface area contributed by atoms with E-state index in [1.165, 1.54) is 0 Å². The van der Waals surface area contributed by atoms with Crippen LogP contribution in [0.3, 0.4) is 0 Å². The van der Waals surface area contributed by atoms with E-state index in [9.17, 15) is 18.5 Å². The summed E-state index contributed by atoms with van der Waals surface area (Å²) in [4.78, 5) is 17.5. The summed E-state index contributed by atoms with van der Waals surface area (Å²) in [7, 11) is -1.57. The fourth-order valence-electron chi connectivity index (χ4n) is 7.74. The van der Waals surface area contributed by atoms with Gasteiger partial charge in [0, 0.05) is 44.2 Å². The number of hydrogen-bond acceptors (Lipinski definition) is 7. The largest absolute Gasteiger partial charge is 0.446 e. The molecule has 1 N–H and O–H groups in total. The minimum atomic E-state index is -3.15. The molecular weight excluding hydrogens is 548 g/mol. The van der Waals surface area contributed by atoms with Crippen LogP contribution >= 0.6 is 0 Å². The van der Waals surface area contributed by atoms with Crippen LogP contribution in [-0.4, -0.2) is 70.5 Å². The Morgan fingerprint density at radius 1 is 1.00 bits per heavy atom. The quantitative estimate of drug-likeness (QED) is 0.449. The summed E-state index contributed by atoms with van der Waals surface area (Å²) in [5.41, 5.74) is 1.45. The lowest BCUT2D eigenvalue weighted by Gasteiger charge is -2.47. The standard InChI is InChI=1S/C33H42N4O4S/c1-35-32(38)41-31-9-5-8-30(31)33(23-34,25-6-3-2-4-7-25)26-16-18-36(19-17-26)20-24-21-37(22-24)27-10-12-28(13-11-27)42(39,40)29-14-15-29/h2-4,6-7,10-13,24,26,29-31H,5,8-9,14-22H2,1H3,(H,35,38)/t30-,31-,33?/m1/s1. The van der Waals surface area contributed by atoms with Crippen LogP contribution in [0.15, 0.2) is 59.5 Å². The molecule has 2 aromatic rings. The number of carbonyl (C=O) groups excluding carboxylic acids is 1. The van der Waals surface area contributed by atoms with Gasteiger partial charge in [-0.2, -0.15) is 5.26 Å². The van der Waals surface area contributed by atoms with Gasteiger partial charge < -0.3 is 19.9 Å². The molecule has 2 saturated heterocycles. The van der Waals surface area contributed by atoms with Gasteiger partial charge in [0.25, 0.3) is 0 Å². The second kappa shape index (κ2) is 11.9. The van der Waals surface area contributed by atoms with E-state index in [4.69, 9.17) is 4.74 Å². The molecule has 8 nitrogen and oxygen atoms in total. The Hall–Kier alpha value is -3.09. The molecule has 0 radical (unpaired) electrons. The second-order valence-electron chi connectivity index (χ2n) is 12.7. The summed E-state index contributed by atoms with van der Waals surface area (Å²) in [6, 6.07) is 20.4. The Labute approximate surface area is 249 Å². The summed E-state index contributed by atoms with van der Waals surface area (Å²) in [6.45, 7) is 4.90. The smallest absolute Gasteiger partial charge is 0.407 e. The third-order valence-electron chi connectivity index (χ3n) is 10.1. The Morgan fingerprint density at radius 3 is 2.31 bits per heavy atom. The van der Waals surface area contributed by atoms with Gasteiger partial charge in [0.2, 0.25) is 0 Å². The number of likely N-dealkylation sites (tertiary alicyclic amines) is 1. The number of rotatable bonds is 9. The molecule has 3 atom stereocenters. The minimum Gasteiger partial charge on any atom is -0.446 e. The highest BCUT2D eigenvalue weighted by Gasteiger charge is 2.53. The summed E-state index contributed by atoms with van der Waals surface area (Å²) >= 11 is 0. The monoisotopic (exact) mass is 590 g/mol. The second-order valence-corrected chi connectivity index (χ2v) is 14.9. The predicted octanol–water partition coefficient (Wildman–Crippen LogP) is 4.76. The fraction of sp³-hybridized carbons (Fsp3) is 0.576. The third kappa shape index (κ3) is 5.51. The lowest BCUT2D eigenvalue weighted by Crippen LogP contribution is -2.54. The van der Waals surface area contributed by atoms with Crippen LogP contribution in [0.5, 0.6) is 0 Å². The number of nitrogens with one attached hydrogen (secondary N) is 1. The molecule has 4 fully saturated rings. The fourth-order valence-corrected chi connectivity index (χ4v) is 9.40. The number of piperidine rings is 1. The van der Waals surface area contributed by atoms with Crippen molar-refractivity contribution in [3.05, 3.63) is 60.2 Å². The molecule has 2 saturated carbocycles. The van der Waals surface area contributed by atoms with Crippen molar-refractivity contribution in [1.29, 1.82) is 5.26 Å². The van der Waals surface area contributed by atoms with Gasteiger partial charge in [0.05, 0.1) is 21.6 Å². The highest BCUT2D eigenvalue weighted by molar-refractivity contribution is 7.92. The van der Waals surface area contributed by atoms with Gasteiger partial charge in [-0.15, -0.1) is 0 Å². The van der Waals surface area contributed by atoms with E-state index in [0.717, 1.165) is 88.9 Å². The van der Waals surface area contributed by atoms with E-state index >= 15 is 0 Å². The van der Waals surface area contributed by atoms with E-state index < -0.39 is 21.3 Å². The lowest BCUT2D eigenvalue weighted by atomic mass is 9.59. The number of alkyl carbamates (subject to hydrolysis) is 1. The van der Waals surface area contributed by atoms with Crippen LogP contribution in [0.2, 0.25) is 0 Å². The molecule has 0 spiro atoms. The molecule has 9 heteroatoms. The number of nitriles is 1. The van der Waals surface area contributed by atoms with Crippen molar-refractivity contribution in [2.24, 2.45) is 17.8 Å². The van der Waals surface area contributed by atoms with Gasteiger partial charge in [-0.1, -0.05) is 30.3 Å². The average molecular weight is 591 g/mol. The first-order chi connectivity index (χ1) is 20.3. The SMILES string of the molecule is CNC(=O)O[C@@H]1CCC[C@H]1C(C#N)(c1ccccc1)C1CCN(CC2CN(c3ccc(S(=O)(=O)C4CC4)cc3)C2)CC1. The number of nitrogens with zero attached hydrogens (tertiary/aromatic N) is 3. The highest BCUT2D eigenvalue weighted by atomic mass is 32.2. The maximum Gasteiger partial charge on any atom is 0.407 e. The molecule has 1 amide bonds. The Morgan fingerprint density at radius 2 is 1.69 bits per heavy atom. The van der Waals surface area contributed by atoms with Gasteiger partial charge in [-0.05, 0) is 93.8 Å². The van der Waals surface area contributed by atoms with Crippen molar-refractivity contribution in [3.8, 4) is 6.07 Å². The highest BCUT2D eigenvalue weighted by Crippen LogP contribution is 2.51. The first-order valence-corrected chi connectivity index (χ1v) is 17.1. The summed E-state index contributed by atoms with van der Waals surface area (Å²) < 4.78 is 30.8. The number of sulfone groups is 1. The Bertz CT molecular complexity index is 1390. The number of hydrogen-bond donors (Lipinski definition) is 1. The first kappa shape index (κ1) is 29.0. The molecule has 1 unspecified atom stereocenters. The van der Waals surface area contributed by atoms with Gasteiger partial charge >= 0.3 is 6.09 Å². The molecule has 6 rings (SSSR count). The molecule has 2 aliphatic heterocycles. The van der Waals surface area contributed by atoms with Crippen molar-refractivity contribution < 1.29 is 17.9 Å². The Kier molecular flexibility index (Phi) is 8.21. The van der Waals surface area contributed by atoms with Crippen LogP contribution in [0, 0.1) is 29.1 Å². The number of anilines is 1. The van der Waals surface area contributed by atoms with Crippen LogP contribution in [-0.2, 0) is 20.0 Å². The van der Waals surface area contributed by atoms with Crippen LogP contribution in [0.4, 0.5) is 10.5 Å². The van der Waals surface area contributed by atoms with Crippen molar-refractivity contribution in [2.45, 2.75) is 66.6 Å². The topological polar surface area (TPSA) is 103 Å². The normalized spacial score (nSPS) is 25.3. The van der Waals surface area contributed by atoms with E-state index in [2.05, 4.69) is 33.3 Å². The van der Waals surface area contributed by atoms with Crippen molar-refractivity contribution >= 4 is 21.6 Å². The molecule has 224 valence electrons. The Balaban J connectivity index is 1.07. The summed E-state index contributed by atoms with van der Waals surface area (Å²) in [5.74, 6) is 0.749. The maximum absolute atomic E-state index is 12.5. The molecule has 2 aliphatic carbocycles. The van der Waals surface area contributed by atoms with Gasteiger partial charge in [0.1, 0.15) is 6.10 Å². The zero-order chi connectivity index (χ0) is 29.3. The molecule has 2 heterocycles.